The van der Waals surface area contributed by atoms with Crippen LogP contribution in [0.4, 0.5) is 17.2 Å². The van der Waals surface area contributed by atoms with E-state index in [9.17, 15) is 9.59 Å². The molecule has 2 aliphatic heterocycles. The standard InChI is InChI=1S/C25H33ClN6O2/c1-3-17-14-19(16-28-23(17)27)29-24(33)25(34)32-9-5-4-6-21(32)18-7-8-22(20(26)15-18)31-12-10-30(2)11-13-31/h7-8,14-16,21H,3-6,9-13H2,1-2H3,(H2,27,28)(H,29,33)/t21-/m0/s1. The van der Waals surface area contributed by atoms with E-state index in [-0.39, 0.29) is 6.04 Å². The van der Waals surface area contributed by atoms with E-state index in [1.807, 2.05) is 25.1 Å². The normalized spacial score (nSPS) is 19.2. The lowest BCUT2D eigenvalue weighted by molar-refractivity contribution is -0.145. The van der Waals surface area contributed by atoms with Gasteiger partial charge in [-0.2, -0.15) is 0 Å². The number of amides is 2. The molecule has 0 bridgehead atoms. The first-order valence-electron chi connectivity index (χ1n) is 12.0. The summed E-state index contributed by atoms with van der Waals surface area (Å²) >= 11 is 6.70. The Hall–Kier alpha value is -2.84. The van der Waals surface area contributed by atoms with E-state index in [0.717, 1.165) is 62.3 Å². The number of hydrogen-bond acceptors (Lipinski definition) is 6. The first-order valence-corrected chi connectivity index (χ1v) is 12.3. The van der Waals surface area contributed by atoms with Gasteiger partial charge >= 0.3 is 11.8 Å². The third-order valence-corrected chi connectivity index (χ3v) is 7.10. The Morgan fingerprint density at radius 2 is 1.91 bits per heavy atom. The second-order valence-corrected chi connectivity index (χ2v) is 9.49. The number of carbonyl (C=O) groups is 2. The number of piperazine rings is 1. The third-order valence-electron chi connectivity index (χ3n) is 6.80. The van der Waals surface area contributed by atoms with Gasteiger partial charge in [0, 0.05) is 32.7 Å². The van der Waals surface area contributed by atoms with E-state index in [4.69, 9.17) is 17.3 Å². The highest BCUT2D eigenvalue weighted by atomic mass is 35.5. The van der Waals surface area contributed by atoms with E-state index in [1.165, 1.54) is 6.20 Å². The van der Waals surface area contributed by atoms with Crippen LogP contribution >= 0.6 is 11.6 Å². The van der Waals surface area contributed by atoms with Crippen LogP contribution in [0.25, 0.3) is 0 Å². The molecule has 1 aromatic carbocycles. The fraction of sp³-hybridized carbons (Fsp3) is 0.480. The van der Waals surface area contributed by atoms with E-state index in [1.54, 1.807) is 11.0 Å². The number of halogens is 1. The lowest BCUT2D eigenvalue weighted by Gasteiger charge is -2.37. The molecule has 4 rings (SSSR count). The number of piperidine rings is 1. The molecule has 3 N–H and O–H groups in total. The number of benzene rings is 1. The molecule has 0 saturated carbocycles. The number of pyridine rings is 1. The molecule has 3 heterocycles. The van der Waals surface area contributed by atoms with Crippen molar-refractivity contribution >= 4 is 40.6 Å². The Morgan fingerprint density at radius 3 is 2.62 bits per heavy atom. The number of likely N-dealkylation sites (N-methyl/N-ethyl adjacent to an activating group) is 1. The van der Waals surface area contributed by atoms with Crippen molar-refractivity contribution < 1.29 is 9.59 Å². The van der Waals surface area contributed by atoms with Gasteiger partial charge in [0.25, 0.3) is 0 Å². The predicted molar refractivity (Wildman–Crippen MR) is 136 cm³/mol. The molecule has 2 amide bonds. The number of aryl methyl sites for hydroxylation is 1. The molecule has 1 aromatic heterocycles. The molecule has 34 heavy (non-hydrogen) atoms. The van der Waals surface area contributed by atoms with Crippen molar-refractivity contribution in [3.63, 3.8) is 0 Å². The second-order valence-electron chi connectivity index (χ2n) is 9.09. The summed E-state index contributed by atoms with van der Waals surface area (Å²) in [6, 6.07) is 7.64. The number of likely N-dealkylation sites (tertiary alicyclic amines) is 1. The van der Waals surface area contributed by atoms with E-state index < -0.39 is 11.8 Å². The van der Waals surface area contributed by atoms with Crippen molar-refractivity contribution in [2.75, 3.05) is 55.7 Å². The Bertz CT molecular complexity index is 1050. The van der Waals surface area contributed by atoms with Crippen LogP contribution in [-0.4, -0.2) is 66.4 Å². The Labute approximate surface area is 206 Å². The highest BCUT2D eigenvalue weighted by Crippen LogP contribution is 2.36. The molecule has 1 atom stereocenters. The molecular weight excluding hydrogens is 452 g/mol. The van der Waals surface area contributed by atoms with E-state index >= 15 is 0 Å². The topological polar surface area (TPSA) is 94.8 Å². The van der Waals surface area contributed by atoms with Crippen molar-refractivity contribution in [1.29, 1.82) is 0 Å². The molecule has 2 saturated heterocycles. The molecule has 8 nitrogen and oxygen atoms in total. The number of aromatic nitrogens is 1. The SMILES string of the molecule is CCc1cc(NC(=O)C(=O)N2CCCC[C@H]2c2ccc(N3CCN(C)CC3)c(Cl)c2)cnc1N. The van der Waals surface area contributed by atoms with Gasteiger partial charge in [0.15, 0.2) is 0 Å². The van der Waals surface area contributed by atoms with Gasteiger partial charge in [0.05, 0.1) is 28.6 Å². The lowest BCUT2D eigenvalue weighted by Crippen LogP contribution is -2.45. The number of anilines is 3. The fourth-order valence-corrected chi connectivity index (χ4v) is 5.05. The number of hydrogen-bond donors (Lipinski definition) is 2. The maximum atomic E-state index is 13.2. The maximum absolute atomic E-state index is 13.2. The van der Waals surface area contributed by atoms with Crippen LogP contribution in [0.5, 0.6) is 0 Å². The Morgan fingerprint density at radius 1 is 1.15 bits per heavy atom. The number of nitrogens with one attached hydrogen (secondary N) is 1. The van der Waals surface area contributed by atoms with Crippen LogP contribution in [0.15, 0.2) is 30.5 Å². The number of nitrogens with zero attached hydrogens (tertiary/aromatic N) is 4. The van der Waals surface area contributed by atoms with Gasteiger partial charge in [-0.15, -0.1) is 0 Å². The second kappa shape index (κ2) is 10.6. The number of carbonyl (C=O) groups excluding carboxylic acids is 2. The monoisotopic (exact) mass is 484 g/mol. The summed E-state index contributed by atoms with van der Waals surface area (Å²) in [7, 11) is 2.12. The number of nitrogen functional groups attached to an aromatic ring is 1. The maximum Gasteiger partial charge on any atom is 0.313 e. The van der Waals surface area contributed by atoms with Gasteiger partial charge in [0.2, 0.25) is 0 Å². The molecule has 2 aliphatic rings. The first kappa shape index (κ1) is 24.3. The van der Waals surface area contributed by atoms with Gasteiger partial charge in [-0.05, 0) is 62.1 Å². The van der Waals surface area contributed by atoms with Crippen LogP contribution in [0.1, 0.15) is 43.4 Å². The van der Waals surface area contributed by atoms with Crippen LogP contribution in [0.2, 0.25) is 5.02 Å². The quantitative estimate of drug-likeness (QED) is 0.646. The highest BCUT2D eigenvalue weighted by Gasteiger charge is 2.32. The van der Waals surface area contributed by atoms with Crippen molar-refractivity contribution in [2.45, 2.75) is 38.6 Å². The summed E-state index contributed by atoms with van der Waals surface area (Å²) in [5.74, 6) is -0.778. The number of rotatable bonds is 4. The fourth-order valence-electron chi connectivity index (χ4n) is 4.74. The predicted octanol–water partition coefficient (Wildman–Crippen LogP) is 3.32. The van der Waals surface area contributed by atoms with Gasteiger partial charge in [0.1, 0.15) is 5.82 Å². The lowest BCUT2D eigenvalue weighted by atomic mass is 9.94. The van der Waals surface area contributed by atoms with Gasteiger partial charge in [-0.3, -0.25) is 9.59 Å². The van der Waals surface area contributed by atoms with Crippen LogP contribution in [0, 0.1) is 0 Å². The van der Waals surface area contributed by atoms with E-state index in [2.05, 4.69) is 27.1 Å². The molecule has 0 unspecified atom stereocenters. The minimum atomic E-state index is -0.666. The summed E-state index contributed by atoms with van der Waals surface area (Å²) < 4.78 is 0. The molecular formula is C25H33ClN6O2. The van der Waals surface area contributed by atoms with Crippen molar-refractivity contribution in [3.05, 3.63) is 46.6 Å². The largest absolute Gasteiger partial charge is 0.383 e. The molecule has 0 spiro atoms. The van der Waals surface area contributed by atoms with Gasteiger partial charge < -0.3 is 25.8 Å². The van der Waals surface area contributed by atoms with Crippen molar-refractivity contribution in [3.8, 4) is 0 Å². The summed E-state index contributed by atoms with van der Waals surface area (Å²) in [6.45, 7) is 6.37. The average molecular weight is 485 g/mol. The van der Waals surface area contributed by atoms with E-state index in [0.29, 0.717) is 29.5 Å². The van der Waals surface area contributed by atoms with Crippen molar-refractivity contribution in [2.24, 2.45) is 0 Å². The molecule has 182 valence electrons. The Balaban J connectivity index is 1.49. The van der Waals surface area contributed by atoms with Crippen LogP contribution in [0.3, 0.4) is 0 Å². The zero-order chi connectivity index (χ0) is 24.2. The average Bonchev–Trinajstić information content (AvgIpc) is 2.85. The first-order chi connectivity index (χ1) is 16.4. The molecule has 0 radical (unpaired) electrons. The van der Waals surface area contributed by atoms with Crippen molar-refractivity contribution in [1.82, 2.24) is 14.8 Å². The molecule has 2 fully saturated rings. The highest BCUT2D eigenvalue weighted by molar-refractivity contribution is 6.39. The summed E-state index contributed by atoms with van der Waals surface area (Å²) in [6.07, 6.45) is 4.83. The Kier molecular flexibility index (Phi) is 7.58. The smallest absolute Gasteiger partial charge is 0.313 e. The minimum absolute atomic E-state index is 0.179. The summed E-state index contributed by atoms with van der Waals surface area (Å²) in [5, 5.41) is 3.38. The zero-order valence-corrected chi connectivity index (χ0v) is 20.6. The third kappa shape index (κ3) is 5.28. The summed E-state index contributed by atoms with van der Waals surface area (Å²) in [5.41, 5.74) is 9.14. The van der Waals surface area contributed by atoms with Crippen LogP contribution < -0.4 is 16.0 Å². The molecule has 2 aromatic rings. The minimum Gasteiger partial charge on any atom is -0.383 e. The number of nitrogens with two attached hydrogens (primary N) is 1. The van der Waals surface area contributed by atoms with Gasteiger partial charge in [-0.25, -0.2) is 4.98 Å². The zero-order valence-electron chi connectivity index (χ0n) is 19.9. The molecule has 0 aliphatic carbocycles. The van der Waals surface area contributed by atoms with Crippen LogP contribution in [-0.2, 0) is 16.0 Å². The van der Waals surface area contributed by atoms with Gasteiger partial charge in [-0.1, -0.05) is 24.6 Å². The molecule has 9 heteroatoms. The summed E-state index contributed by atoms with van der Waals surface area (Å²) in [4.78, 5) is 36.4.